The van der Waals surface area contributed by atoms with Crippen LogP contribution in [0.2, 0.25) is 0 Å². The maximum absolute atomic E-state index is 13.8. The Morgan fingerprint density at radius 3 is 2.54 bits per heavy atom. The Bertz CT molecular complexity index is 1250. The third kappa shape index (κ3) is 3.49. The quantitative estimate of drug-likeness (QED) is 0.628. The number of rotatable bonds is 4. The third-order valence-electron chi connectivity index (χ3n) is 9.28. The first kappa shape index (κ1) is 22.0. The fourth-order valence-corrected chi connectivity index (χ4v) is 9.57. The molecule has 5 aliphatic carbocycles. The molecule has 4 bridgehead atoms. The Morgan fingerprint density at radius 1 is 1.11 bits per heavy atom. The van der Waals surface area contributed by atoms with Crippen molar-refractivity contribution in [2.45, 2.75) is 83.0 Å². The second kappa shape index (κ2) is 7.87. The van der Waals surface area contributed by atoms with Crippen LogP contribution >= 0.6 is 11.3 Å². The maximum atomic E-state index is 13.8. The van der Waals surface area contributed by atoms with E-state index in [2.05, 4.69) is 9.97 Å². The molecular weight excluding hydrogens is 466 g/mol. The Balaban J connectivity index is 1.08. The minimum atomic E-state index is -0.786. The van der Waals surface area contributed by atoms with E-state index < -0.39 is 18.1 Å². The van der Waals surface area contributed by atoms with Crippen LogP contribution < -0.4 is 5.56 Å². The molecule has 0 radical (unpaired) electrons. The Hall–Kier alpha value is -2.26. The van der Waals surface area contributed by atoms with Gasteiger partial charge in [0.05, 0.1) is 16.9 Å². The first-order valence-corrected chi connectivity index (χ1v) is 13.9. The molecule has 2 unspecified atom stereocenters. The maximum Gasteiger partial charge on any atom is 0.329 e. The molecule has 2 atom stereocenters. The van der Waals surface area contributed by atoms with E-state index in [4.69, 9.17) is 4.74 Å². The number of β-amino-alcohol motifs (C(OH)–C–C–N with tert-alkyl or cyclic N) is 1. The van der Waals surface area contributed by atoms with Crippen LogP contribution in [-0.4, -0.2) is 50.5 Å². The predicted molar refractivity (Wildman–Crippen MR) is 129 cm³/mol. The lowest BCUT2D eigenvalue weighted by Gasteiger charge is -2.56. The van der Waals surface area contributed by atoms with Crippen molar-refractivity contribution in [3.63, 3.8) is 0 Å². The second-order valence-electron chi connectivity index (χ2n) is 11.7. The van der Waals surface area contributed by atoms with E-state index in [1.165, 1.54) is 24.1 Å². The number of ether oxygens (including phenoxy) is 1. The van der Waals surface area contributed by atoms with Crippen molar-refractivity contribution in [2.75, 3.05) is 6.54 Å². The number of aromatic amines is 1. The molecule has 35 heavy (non-hydrogen) atoms. The summed E-state index contributed by atoms with van der Waals surface area (Å²) in [4.78, 5) is 50.5. The lowest BCUT2D eigenvalue weighted by molar-refractivity contribution is -0.166. The molecule has 1 amide bonds. The van der Waals surface area contributed by atoms with Crippen molar-refractivity contribution in [2.24, 2.45) is 23.2 Å². The molecule has 186 valence electrons. The fraction of sp³-hybridized carbons (Fsp3) is 0.692. The Labute approximate surface area is 207 Å². The van der Waals surface area contributed by atoms with Crippen LogP contribution in [0.4, 0.5) is 0 Å². The highest BCUT2D eigenvalue weighted by Gasteiger charge is 2.57. The molecule has 9 heteroatoms. The molecule has 1 saturated heterocycles. The predicted octanol–water partition coefficient (Wildman–Crippen LogP) is 2.69. The van der Waals surface area contributed by atoms with Gasteiger partial charge in [-0.05, 0) is 81.1 Å². The molecule has 1 aliphatic heterocycles. The molecule has 4 saturated carbocycles. The van der Waals surface area contributed by atoms with Gasteiger partial charge >= 0.3 is 5.97 Å². The average Bonchev–Trinajstić information content (AvgIpc) is 3.50. The monoisotopic (exact) mass is 497 g/mol. The number of fused-ring (bicyclic) bond motifs is 3. The largest absolute Gasteiger partial charge is 0.456 e. The van der Waals surface area contributed by atoms with Gasteiger partial charge in [0.2, 0.25) is 5.91 Å². The summed E-state index contributed by atoms with van der Waals surface area (Å²) in [5, 5.41) is 11.1. The minimum Gasteiger partial charge on any atom is -0.456 e. The van der Waals surface area contributed by atoms with E-state index in [1.807, 2.05) is 0 Å². The van der Waals surface area contributed by atoms with Crippen molar-refractivity contribution in [3.8, 4) is 0 Å². The van der Waals surface area contributed by atoms with Crippen molar-refractivity contribution in [1.82, 2.24) is 14.9 Å². The number of aliphatic hydroxyl groups excluding tert-OH is 1. The summed E-state index contributed by atoms with van der Waals surface area (Å²) in [5.41, 5.74) is 0.561. The molecule has 8 nitrogen and oxygen atoms in total. The number of nitrogens with zero attached hydrogens (tertiary/aromatic N) is 2. The van der Waals surface area contributed by atoms with Gasteiger partial charge in [-0.15, -0.1) is 11.3 Å². The molecule has 0 spiro atoms. The van der Waals surface area contributed by atoms with Crippen molar-refractivity contribution in [1.29, 1.82) is 0 Å². The molecule has 5 fully saturated rings. The zero-order valence-corrected chi connectivity index (χ0v) is 20.6. The minimum absolute atomic E-state index is 0.0381. The van der Waals surface area contributed by atoms with Crippen LogP contribution in [0, 0.1) is 23.2 Å². The highest BCUT2D eigenvalue weighted by Crippen LogP contribution is 2.60. The number of carbonyl (C=O) groups is 2. The van der Waals surface area contributed by atoms with Crippen LogP contribution in [0.15, 0.2) is 4.79 Å². The van der Waals surface area contributed by atoms with Gasteiger partial charge < -0.3 is 19.7 Å². The molecule has 3 heterocycles. The van der Waals surface area contributed by atoms with E-state index in [9.17, 15) is 19.5 Å². The van der Waals surface area contributed by atoms with Gasteiger partial charge in [0, 0.05) is 17.8 Å². The van der Waals surface area contributed by atoms with Gasteiger partial charge in [-0.2, -0.15) is 0 Å². The summed E-state index contributed by atoms with van der Waals surface area (Å²) in [5.74, 6) is 1.69. The molecule has 0 aromatic carbocycles. The van der Waals surface area contributed by atoms with Gasteiger partial charge in [-0.3, -0.25) is 9.59 Å². The van der Waals surface area contributed by atoms with Gasteiger partial charge in [0.25, 0.3) is 5.56 Å². The van der Waals surface area contributed by atoms with E-state index in [-0.39, 0.29) is 36.5 Å². The Kier molecular flexibility index (Phi) is 4.94. The van der Waals surface area contributed by atoms with Crippen LogP contribution in [0.3, 0.4) is 0 Å². The number of esters is 1. The van der Waals surface area contributed by atoms with Crippen molar-refractivity contribution in [3.05, 3.63) is 26.6 Å². The highest BCUT2D eigenvalue weighted by atomic mass is 32.1. The summed E-state index contributed by atoms with van der Waals surface area (Å²) >= 11 is 1.55. The van der Waals surface area contributed by atoms with E-state index in [1.54, 1.807) is 16.2 Å². The van der Waals surface area contributed by atoms with Gasteiger partial charge in [0.1, 0.15) is 23.3 Å². The number of nitrogens with one attached hydrogen (secondary N) is 1. The lowest BCUT2D eigenvalue weighted by atomic mass is 9.49. The highest BCUT2D eigenvalue weighted by molar-refractivity contribution is 7.18. The van der Waals surface area contributed by atoms with Crippen LogP contribution in [-0.2, 0) is 33.8 Å². The molecule has 2 aromatic heterocycles. The van der Waals surface area contributed by atoms with E-state index in [0.717, 1.165) is 44.1 Å². The lowest BCUT2D eigenvalue weighted by Crippen LogP contribution is -2.56. The molecule has 2 N–H and O–H groups in total. The molecule has 2 aromatic rings. The Morgan fingerprint density at radius 2 is 1.83 bits per heavy atom. The molecule has 8 rings (SSSR count). The standard InChI is InChI=1S/C26H31N3O5S/c30-16-7-18(29(11-16)25(33)26-8-13-4-14(9-26)6-15(5-13)10-26)24(32)34-12-20-27-22(31)21-17-2-1-3-19(17)35-23(21)28-20/h13-16,18,30H,1-12H2,(H,27,28,31). The zero-order valence-electron chi connectivity index (χ0n) is 19.8. The smallest absolute Gasteiger partial charge is 0.329 e. The number of carbonyl (C=O) groups excluding carboxylic acids is 2. The number of aliphatic hydroxyl groups is 1. The number of amides is 1. The summed E-state index contributed by atoms with van der Waals surface area (Å²) in [7, 11) is 0. The second-order valence-corrected chi connectivity index (χ2v) is 12.8. The van der Waals surface area contributed by atoms with E-state index in [0.29, 0.717) is 33.8 Å². The third-order valence-corrected chi connectivity index (χ3v) is 10.5. The first-order chi connectivity index (χ1) is 16.9. The van der Waals surface area contributed by atoms with Crippen LogP contribution in [0.5, 0.6) is 0 Å². The van der Waals surface area contributed by atoms with E-state index >= 15 is 0 Å². The van der Waals surface area contributed by atoms with Gasteiger partial charge in [0.15, 0.2) is 0 Å². The number of likely N-dealkylation sites (tertiary alicyclic amines) is 1. The normalized spacial score (nSPS) is 35.1. The average molecular weight is 498 g/mol. The number of thiophene rings is 1. The number of aryl methyl sites for hydroxylation is 2. The molecular formula is C26H31N3O5S. The first-order valence-electron chi connectivity index (χ1n) is 13.1. The fourth-order valence-electron chi connectivity index (χ4n) is 8.29. The molecule has 6 aliphatic rings. The summed E-state index contributed by atoms with van der Waals surface area (Å²) in [6.45, 7) is 0.0285. The van der Waals surface area contributed by atoms with Crippen LogP contribution in [0.25, 0.3) is 10.2 Å². The SMILES string of the molecule is O=C(OCc1nc2sc3c(c2c(=O)[nH]1)CCC3)C1CC(O)CN1C(=O)C12CC3CC(CC(C3)C1)C2. The number of H-pyrrole nitrogens is 1. The number of hydrogen-bond donors (Lipinski definition) is 2. The topological polar surface area (TPSA) is 113 Å². The van der Waals surface area contributed by atoms with Gasteiger partial charge in [-0.25, -0.2) is 9.78 Å². The van der Waals surface area contributed by atoms with Crippen LogP contribution in [0.1, 0.15) is 67.6 Å². The number of aromatic nitrogens is 2. The summed E-state index contributed by atoms with van der Waals surface area (Å²) < 4.78 is 5.57. The summed E-state index contributed by atoms with van der Waals surface area (Å²) in [6, 6.07) is -0.786. The van der Waals surface area contributed by atoms with Crippen molar-refractivity contribution < 1.29 is 19.4 Å². The zero-order chi connectivity index (χ0) is 23.9. The number of hydrogen-bond acceptors (Lipinski definition) is 7. The summed E-state index contributed by atoms with van der Waals surface area (Å²) in [6.07, 6.45) is 8.90. The van der Waals surface area contributed by atoms with Crippen molar-refractivity contribution >= 4 is 33.4 Å². The van der Waals surface area contributed by atoms with Gasteiger partial charge in [-0.1, -0.05) is 0 Å².